The Bertz CT molecular complexity index is 426. The fourth-order valence-electron chi connectivity index (χ4n) is 1.43. The first-order valence-electron chi connectivity index (χ1n) is 5.37. The first-order chi connectivity index (χ1) is 7.51. The van der Waals surface area contributed by atoms with Crippen molar-refractivity contribution in [1.29, 1.82) is 0 Å². The number of hydrogen-bond donors (Lipinski definition) is 1. The highest BCUT2D eigenvalue weighted by Gasteiger charge is 2.19. The van der Waals surface area contributed by atoms with Gasteiger partial charge in [0.05, 0.1) is 11.4 Å². The summed E-state index contributed by atoms with van der Waals surface area (Å²) in [5, 5.41) is 0. The van der Waals surface area contributed by atoms with E-state index in [-0.39, 0.29) is 5.75 Å². The highest BCUT2D eigenvalue weighted by Crippen LogP contribution is 2.20. The van der Waals surface area contributed by atoms with Crippen LogP contribution in [0.3, 0.4) is 0 Å². The van der Waals surface area contributed by atoms with E-state index in [1.54, 1.807) is 31.2 Å². The number of benzene rings is 1. The van der Waals surface area contributed by atoms with Crippen LogP contribution in [0.1, 0.15) is 20.3 Å². The Morgan fingerprint density at radius 2 is 1.75 bits per heavy atom. The van der Waals surface area contributed by atoms with Crippen molar-refractivity contribution in [1.82, 2.24) is 0 Å². The smallest absolute Gasteiger partial charge is 0.234 e. The molecule has 0 saturated carbocycles. The Labute approximate surface area is 97.1 Å². The molecular formula is C11H18N2O2S. The Hall–Kier alpha value is -1.23. The predicted molar refractivity (Wildman–Crippen MR) is 68.0 cm³/mol. The van der Waals surface area contributed by atoms with Crippen molar-refractivity contribution in [2.45, 2.75) is 20.3 Å². The fourth-order valence-corrected chi connectivity index (χ4v) is 2.64. The van der Waals surface area contributed by atoms with Crippen molar-refractivity contribution in [3.8, 4) is 0 Å². The van der Waals surface area contributed by atoms with Gasteiger partial charge in [0.15, 0.2) is 0 Å². The number of anilines is 2. The molecule has 1 aromatic carbocycles. The maximum atomic E-state index is 11.9. The number of rotatable bonds is 5. The Morgan fingerprint density at radius 3 is 2.19 bits per heavy atom. The average molecular weight is 242 g/mol. The van der Waals surface area contributed by atoms with Crippen LogP contribution in [-0.2, 0) is 10.0 Å². The van der Waals surface area contributed by atoms with Gasteiger partial charge in [0.25, 0.3) is 0 Å². The summed E-state index contributed by atoms with van der Waals surface area (Å²) in [5.74, 6) is 0.109. The van der Waals surface area contributed by atoms with E-state index in [1.807, 2.05) is 6.92 Å². The maximum Gasteiger partial charge on any atom is 0.234 e. The van der Waals surface area contributed by atoms with Crippen molar-refractivity contribution >= 4 is 21.4 Å². The molecule has 0 aromatic heterocycles. The largest absolute Gasteiger partial charge is 0.399 e. The minimum Gasteiger partial charge on any atom is -0.399 e. The van der Waals surface area contributed by atoms with Gasteiger partial charge < -0.3 is 5.73 Å². The summed E-state index contributed by atoms with van der Waals surface area (Å²) in [4.78, 5) is 0. The predicted octanol–water partition coefficient (Wildman–Crippen LogP) is 1.83. The molecule has 0 atom stereocenters. The third kappa shape index (κ3) is 2.88. The zero-order valence-corrected chi connectivity index (χ0v) is 10.5. The quantitative estimate of drug-likeness (QED) is 0.801. The molecule has 0 aliphatic rings. The summed E-state index contributed by atoms with van der Waals surface area (Å²) < 4.78 is 25.2. The zero-order chi connectivity index (χ0) is 12.2. The molecule has 0 amide bonds. The molecule has 2 N–H and O–H groups in total. The summed E-state index contributed by atoms with van der Waals surface area (Å²) in [6.07, 6.45) is 0.781. The second-order valence-electron chi connectivity index (χ2n) is 3.56. The first-order valence-corrected chi connectivity index (χ1v) is 6.98. The van der Waals surface area contributed by atoms with Crippen LogP contribution in [0.15, 0.2) is 24.3 Å². The SMILES string of the molecule is CCCN(c1ccc(N)cc1)S(=O)(=O)CC. The van der Waals surface area contributed by atoms with Crippen LogP contribution in [0, 0.1) is 0 Å². The molecule has 0 bridgehead atoms. The van der Waals surface area contributed by atoms with Crippen molar-refractivity contribution in [3.63, 3.8) is 0 Å². The Balaban J connectivity index is 3.08. The van der Waals surface area contributed by atoms with Gasteiger partial charge in [-0.05, 0) is 37.6 Å². The summed E-state index contributed by atoms with van der Waals surface area (Å²) >= 11 is 0. The monoisotopic (exact) mass is 242 g/mol. The van der Waals surface area contributed by atoms with E-state index in [9.17, 15) is 8.42 Å². The number of hydrogen-bond acceptors (Lipinski definition) is 3. The number of sulfonamides is 1. The van der Waals surface area contributed by atoms with Gasteiger partial charge in [-0.1, -0.05) is 6.92 Å². The molecule has 16 heavy (non-hydrogen) atoms. The van der Waals surface area contributed by atoms with Crippen LogP contribution in [0.25, 0.3) is 0 Å². The van der Waals surface area contributed by atoms with Crippen LogP contribution < -0.4 is 10.0 Å². The molecule has 0 aliphatic heterocycles. The van der Waals surface area contributed by atoms with E-state index in [0.717, 1.165) is 6.42 Å². The van der Waals surface area contributed by atoms with Crippen molar-refractivity contribution in [2.24, 2.45) is 0 Å². The maximum absolute atomic E-state index is 11.9. The summed E-state index contributed by atoms with van der Waals surface area (Å²) in [7, 11) is -3.20. The molecule has 0 aliphatic carbocycles. The van der Waals surface area contributed by atoms with E-state index in [0.29, 0.717) is 17.9 Å². The standard InChI is InChI=1S/C11H18N2O2S/c1-3-9-13(16(14,15)4-2)11-7-5-10(12)6-8-11/h5-8H,3-4,9,12H2,1-2H3. The number of nitrogens with two attached hydrogens (primary N) is 1. The molecule has 1 aromatic rings. The lowest BCUT2D eigenvalue weighted by Crippen LogP contribution is -2.32. The van der Waals surface area contributed by atoms with Crippen LogP contribution in [-0.4, -0.2) is 20.7 Å². The first kappa shape index (κ1) is 12.8. The molecule has 0 spiro atoms. The molecule has 5 heteroatoms. The van der Waals surface area contributed by atoms with Crippen molar-refractivity contribution in [3.05, 3.63) is 24.3 Å². The van der Waals surface area contributed by atoms with Gasteiger partial charge in [-0.25, -0.2) is 8.42 Å². The van der Waals surface area contributed by atoms with Gasteiger partial charge in [0, 0.05) is 12.2 Å². The molecule has 0 heterocycles. The van der Waals surface area contributed by atoms with Crippen molar-refractivity contribution in [2.75, 3.05) is 22.3 Å². The summed E-state index contributed by atoms with van der Waals surface area (Å²) in [5.41, 5.74) is 6.89. The van der Waals surface area contributed by atoms with Crippen LogP contribution >= 0.6 is 0 Å². The van der Waals surface area contributed by atoms with Crippen LogP contribution in [0.4, 0.5) is 11.4 Å². The molecule has 90 valence electrons. The lowest BCUT2D eigenvalue weighted by atomic mass is 10.3. The van der Waals surface area contributed by atoms with Gasteiger partial charge in [-0.2, -0.15) is 0 Å². The highest BCUT2D eigenvalue weighted by molar-refractivity contribution is 7.92. The molecular weight excluding hydrogens is 224 g/mol. The van der Waals surface area contributed by atoms with Gasteiger partial charge in [0.2, 0.25) is 10.0 Å². The van der Waals surface area contributed by atoms with Gasteiger partial charge >= 0.3 is 0 Å². The zero-order valence-electron chi connectivity index (χ0n) is 9.68. The normalized spacial score (nSPS) is 11.4. The minimum atomic E-state index is -3.20. The second-order valence-corrected chi connectivity index (χ2v) is 5.75. The second kappa shape index (κ2) is 5.21. The van der Waals surface area contributed by atoms with Gasteiger partial charge in [-0.15, -0.1) is 0 Å². The average Bonchev–Trinajstić information content (AvgIpc) is 2.27. The molecule has 0 radical (unpaired) electrons. The summed E-state index contributed by atoms with van der Waals surface area (Å²) in [6, 6.07) is 6.89. The topological polar surface area (TPSA) is 63.4 Å². The van der Waals surface area contributed by atoms with Gasteiger partial charge in [0.1, 0.15) is 0 Å². The van der Waals surface area contributed by atoms with E-state index in [4.69, 9.17) is 5.73 Å². The summed E-state index contributed by atoms with van der Waals surface area (Å²) in [6.45, 7) is 4.10. The minimum absolute atomic E-state index is 0.109. The van der Waals surface area contributed by atoms with E-state index in [2.05, 4.69) is 0 Å². The molecule has 4 nitrogen and oxygen atoms in total. The molecule has 0 fully saturated rings. The molecule has 1 rings (SSSR count). The van der Waals surface area contributed by atoms with E-state index >= 15 is 0 Å². The van der Waals surface area contributed by atoms with Gasteiger partial charge in [-0.3, -0.25) is 4.31 Å². The number of nitrogen functional groups attached to an aromatic ring is 1. The molecule has 0 unspecified atom stereocenters. The van der Waals surface area contributed by atoms with E-state index < -0.39 is 10.0 Å². The lowest BCUT2D eigenvalue weighted by Gasteiger charge is -2.23. The highest BCUT2D eigenvalue weighted by atomic mass is 32.2. The Kier molecular flexibility index (Phi) is 4.18. The van der Waals surface area contributed by atoms with Crippen molar-refractivity contribution < 1.29 is 8.42 Å². The fraction of sp³-hybridized carbons (Fsp3) is 0.455. The van der Waals surface area contributed by atoms with Crippen LogP contribution in [0.5, 0.6) is 0 Å². The molecule has 0 saturated heterocycles. The number of nitrogens with zero attached hydrogens (tertiary/aromatic N) is 1. The van der Waals surface area contributed by atoms with E-state index in [1.165, 1.54) is 4.31 Å². The lowest BCUT2D eigenvalue weighted by molar-refractivity contribution is 0.591. The third-order valence-corrected chi connectivity index (χ3v) is 4.10. The third-order valence-electron chi connectivity index (χ3n) is 2.31. The van der Waals surface area contributed by atoms with Crippen LogP contribution in [0.2, 0.25) is 0 Å². The Morgan fingerprint density at radius 1 is 1.19 bits per heavy atom.